The van der Waals surface area contributed by atoms with Gasteiger partial charge in [-0.3, -0.25) is 9.69 Å². The van der Waals surface area contributed by atoms with Gasteiger partial charge in [-0.05, 0) is 66.8 Å². The zero-order valence-electron chi connectivity index (χ0n) is 14.8. The van der Waals surface area contributed by atoms with E-state index in [9.17, 15) is 4.79 Å². The van der Waals surface area contributed by atoms with Crippen molar-refractivity contribution in [3.05, 3.63) is 34.9 Å². The molecule has 3 aliphatic rings. The third-order valence-electron chi connectivity index (χ3n) is 6.87. The van der Waals surface area contributed by atoms with Crippen LogP contribution >= 0.6 is 0 Å². The Balaban J connectivity index is 1.64. The van der Waals surface area contributed by atoms with Crippen LogP contribution in [0.5, 0.6) is 0 Å². The minimum Gasteiger partial charge on any atom is -0.377 e. The summed E-state index contributed by atoms with van der Waals surface area (Å²) in [6, 6.07) is 6.64. The Morgan fingerprint density at radius 1 is 1.46 bits per heavy atom. The molecular formula is C20H28N2O2. The molecule has 2 N–H and O–H groups in total. The van der Waals surface area contributed by atoms with E-state index < -0.39 is 0 Å². The average molecular weight is 328 g/mol. The molecule has 0 saturated carbocycles. The molecule has 1 aromatic rings. The number of likely N-dealkylation sites (tertiary alicyclic amines) is 1. The monoisotopic (exact) mass is 328 g/mol. The van der Waals surface area contributed by atoms with Crippen LogP contribution in [-0.4, -0.2) is 42.6 Å². The van der Waals surface area contributed by atoms with Crippen LogP contribution in [-0.2, 0) is 16.6 Å². The maximum atomic E-state index is 11.6. The molecule has 2 fully saturated rings. The van der Waals surface area contributed by atoms with Crippen molar-refractivity contribution in [2.24, 2.45) is 11.7 Å². The summed E-state index contributed by atoms with van der Waals surface area (Å²) >= 11 is 0. The van der Waals surface area contributed by atoms with Crippen molar-refractivity contribution in [1.82, 2.24) is 4.90 Å². The van der Waals surface area contributed by atoms with Crippen molar-refractivity contribution in [1.29, 1.82) is 0 Å². The predicted octanol–water partition coefficient (Wildman–Crippen LogP) is 2.49. The molecule has 130 valence electrons. The van der Waals surface area contributed by atoms with Gasteiger partial charge in [0.25, 0.3) is 0 Å². The first kappa shape index (κ1) is 16.1. The molecular weight excluding hydrogens is 300 g/mol. The largest absolute Gasteiger partial charge is 0.377 e. The number of amides is 1. The lowest BCUT2D eigenvalue weighted by atomic mass is 9.59. The standard InChI is InChI=1S/C20H28N2O2/c1-13-18-11-14-5-6-15(19(21)23)10-17(14)20(13,2)7-8-22(18)12-16-4-3-9-24-16/h5-6,10,13,16,18H,3-4,7-9,11-12H2,1-2H3,(H2,21,23)/t13-,16?,18+,20+/m0/s1. The maximum Gasteiger partial charge on any atom is 0.248 e. The number of nitrogens with zero attached hydrogens (tertiary/aromatic N) is 1. The number of fused-ring (bicyclic) bond motifs is 4. The second-order valence-corrected chi connectivity index (χ2v) is 8.09. The first-order valence-corrected chi connectivity index (χ1v) is 9.28. The van der Waals surface area contributed by atoms with Gasteiger partial charge in [-0.1, -0.05) is 19.9 Å². The normalized spacial score (nSPS) is 35.7. The number of piperidine rings is 1. The summed E-state index contributed by atoms with van der Waals surface area (Å²) in [4.78, 5) is 14.3. The first-order valence-electron chi connectivity index (χ1n) is 9.28. The van der Waals surface area contributed by atoms with Crippen LogP contribution in [0.1, 0.15) is 54.6 Å². The Hall–Kier alpha value is -1.39. The van der Waals surface area contributed by atoms with Crippen LogP contribution < -0.4 is 5.73 Å². The highest BCUT2D eigenvalue weighted by atomic mass is 16.5. The molecule has 0 aromatic heterocycles. The molecule has 2 aliphatic heterocycles. The van der Waals surface area contributed by atoms with Gasteiger partial charge in [0.2, 0.25) is 5.91 Å². The van der Waals surface area contributed by atoms with E-state index in [4.69, 9.17) is 10.5 Å². The van der Waals surface area contributed by atoms with Gasteiger partial charge in [0.1, 0.15) is 0 Å². The second-order valence-electron chi connectivity index (χ2n) is 8.09. The van der Waals surface area contributed by atoms with E-state index in [0.29, 0.717) is 23.6 Å². The molecule has 4 nitrogen and oxygen atoms in total. The molecule has 1 unspecified atom stereocenters. The lowest BCUT2D eigenvalue weighted by molar-refractivity contribution is -0.00666. The smallest absolute Gasteiger partial charge is 0.248 e. The highest BCUT2D eigenvalue weighted by molar-refractivity contribution is 5.93. The van der Waals surface area contributed by atoms with Gasteiger partial charge >= 0.3 is 0 Å². The molecule has 2 heterocycles. The Kier molecular flexibility index (Phi) is 3.92. The van der Waals surface area contributed by atoms with Gasteiger partial charge in [-0.15, -0.1) is 0 Å². The summed E-state index contributed by atoms with van der Waals surface area (Å²) in [7, 11) is 0. The van der Waals surface area contributed by atoms with Crippen molar-refractivity contribution in [3.8, 4) is 0 Å². The molecule has 2 saturated heterocycles. The fourth-order valence-corrected chi connectivity index (χ4v) is 5.14. The number of ether oxygens (including phenoxy) is 1. The number of hydrogen-bond acceptors (Lipinski definition) is 3. The number of rotatable bonds is 3. The number of carbonyl (C=O) groups is 1. The minimum atomic E-state index is -0.327. The van der Waals surface area contributed by atoms with Gasteiger partial charge in [0, 0.05) is 24.8 Å². The third-order valence-corrected chi connectivity index (χ3v) is 6.87. The van der Waals surface area contributed by atoms with E-state index in [1.807, 2.05) is 6.07 Å². The van der Waals surface area contributed by atoms with Gasteiger partial charge in [-0.25, -0.2) is 0 Å². The van der Waals surface area contributed by atoms with Crippen molar-refractivity contribution in [2.45, 2.75) is 57.1 Å². The Bertz CT molecular complexity index is 653. The molecule has 2 bridgehead atoms. The number of benzene rings is 1. The van der Waals surface area contributed by atoms with Gasteiger partial charge < -0.3 is 10.5 Å². The summed E-state index contributed by atoms with van der Waals surface area (Å²) in [5.41, 5.74) is 9.02. The maximum absolute atomic E-state index is 11.6. The predicted molar refractivity (Wildman–Crippen MR) is 94.1 cm³/mol. The Morgan fingerprint density at radius 3 is 3.00 bits per heavy atom. The quantitative estimate of drug-likeness (QED) is 0.927. The first-order chi connectivity index (χ1) is 11.5. The lowest BCUT2D eigenvalue weighted by Gasteiger charge is -2.55. The molecule has 1 aliphatic carbocycles. The molecule has 4 rings (SSSR count). The number of nitrogens with two attached hydrogens (primary N) is 1. The molecule has 1 aromatic carbocycles. The fourth-order valence-electron chi connectivity index (χ4n) is 5.14. The molecule has 4 heteroatoms. The van der Waals surface area contributed by atoms with Gasteiger partial charge in [-0.2, -0.15) is 0 Å². The second kappa shape index (κ2) is 5.85. The summed E-state index contributed by atoms with van der Waals surface area (Å²) in [6.45, 7) is 7.86. The van der Waals surface area contributed by atoms with Crippen LogP contribution in [0.25, 0.3) is 0 Å². The number of primary amides is 1. The molecule has 1 amide bonds. The highest BCUT2D eigenvalue weighted by Crippen LogP contribution is 2.48. The highest BCUT2D eigenvalue weighted by Gasteiger charge is 2.48. The summed E-state index contributed by atoms with van der Waals surface area (Å²) in [5, 5.41) is 0. The van der Waals surface area contributed by atoms with Crippen molar-refractivity contribution >= 4 is 5.91 Å². The van der Waals surface area contributed by atoms with Crippen LogP contribution in [0.15, 0.2) is 18.2 Å². The van der Waals surface area contributed by atoms with Crippen LogP contribution in [0.4, 0.5) is 0 Å². The molecule has 0 radical (unpaired) electrons. The zero-order valence-corrected chi connectivity index (χ0v) is 14.8. The van der Waals surface area contributed by atoms with E-state index in [1.54, 1.807) is 0 Å². The van der Waals surface area contributed by atoms with Crippen molar-refractivity contribution in [3.63, 3.8) is 0 Å². The van der Waals surface area contributed by atoms with E-state index in [-0.39, 0.29) is 11.3 Å². The van der Waals surface area contributed by atoms with Crippen LogP contribution in [0, 0.1) is 5.92 Å². The minimum absolute atomic E-state index is 0.136. The van der Waals surface area contributed by atoms with E-state index in [2.05, 4.69) is 30.9 Å². The number of carbonyl (C=O) groups excluding carboxylic acids is 1. The van der Waals surface area contributed by atoms with Gasteiger partial charge in [0.15, 0.2) is 0 Å². The van der Waals surface area contributed by atoms with E-state index in [1.165, 1.54) is 24.0 Å². The van der Waals surface area contributed by atoms with Gasteiger partial charge in [0.05, 0.1) is 6.10 Å². The van der Waals surface area contributed by atoms with E-state index >= 15 is 0 Å². The number of hydrogen-bond donors (Lipinski definition) is 1. The summed E-state index contributed by atoms with van der Waals surface area (Å²) in [5.74, 6) is 0.246. The van der Waals surface area contributed by atoms with Crippen LogP contribution in [0.3, 0.4) is 0 Å². The van der Waals surface area contributed by atoms with Crippen molar-refractivity contribution < 1.29 is 9.53 Å². The molecule has 24 heavy (non-hydrogen) atoms. The molecule has 4 atom stereocenters. The SMILES string of the molecule is C[C@H]1[C@H]2Cc3ccc(C(N)=O)cc3[C@]1(C)CCN2CC1CCCO1. The van der Waals surface area contributed by atoms with Crippen molar-refractivity contribution in [2.75, 3.05) is 19.7 Å². The average Bonchev–Trinajstić information content (AvgIpc) is 3.06. The fraction of sp³-hybridized carbons (Fsp3) is 0.650. The topological polar surface area (TPSA) is 55.6 Å². The molecule has 0 spiro atoms. The zero-order chi connectivity index (χ0) is 16.9. The van der Waals surface area contributed by atoms with Crippen LogP contribution in [0.2, 0.25) is 0 Å². The Labute approximate surface area is 144 Å². The van der Waals surface area contributed by atoms with E-state index in [0.717, 1.165) is 32.5 Å². The summed E-state index contributed by atoms with van der Waals surface area (Å²) < 4.78 is 5.87. The lowest BCUT2D eigenvalue weighted by Crippen LogP contribution is -2.59. The summed E-state index contributed by atoms with van der Waals surface area (Å²) in [6.07, 6.45) is 5.02. The third kappa shape index (κ3) is 2.47. The Morgan fingerprint density at radius 2 is 2.29 bits per heavy atom.